The molecule has 3 rings (SSSR count). The van der Waals surface area contributed by atoms with E-state index >= 15 is 0 Å². The monoisotopic (exact) mass is 323 g/mol. The quantitative estimate of drug-likeness (QED) is 0.920. The largest absolute Gasteiger partial charge is 0.314 e. The minimum absolute atomic E-state index is 0. The van der Waals surface area contributed by atoms with Crippen LogP contribution in [0.15, 0.2) is 24.5 Å². The molecule has 1 saturated heterocycles. The fourth-order valence-corrected chi connectivity index (χ4v) is 3.84. The van der Waals surface area contributed by atoms with Crippen LogP contribution in [0.1, 0.15) is 51.1 Å². The summed E-state index contributed by atoms with van der Waals surface area (Å²) in [5, 5.41) is 3.54. The molecule has 1 aliphatic carbocycles. The second-order valence-corrected chi connectivity index (χ2v) is 7.61. The van der Waals surface area contributed by atoms with Gasteiger partial charge in [-0.3, -0.25) is 9.88 Å². The maximum atomic E-state index is 4.31. The average Bonchev–Trinajstić information content (AvgIpc) is 2.51. The van der Waals surface area contributed by atoms with E-state index in [-0.39, 0.29) is 12.4 Å². The molecule has 22 heavy (non-hydrogen) atoms. The van der Waals surface area contributed by atoms with Gasteiger partial charge >= 0.3 is 0 Å². The normalized spacial score (nSPS) is 26.4. The third-order valence-corrected chi connectivity index (χ3v) is 5.37. The van der Waals surface area contributed by atoms with E-state index in [1.54, 1.807) is 0 Å². The molecule has 2 heterocycles. The summed E-state index contributed by atoms with van der Waals surface area (Å²) in [6, 6.07) is 4.79. The molecule has 1 atom stereocenters. The lowest BCUT2D eigenvalue weighted by Gasteiger charge is -2.41. The van der Waals surface area contributed by atoms with Crippen molar-refractivity contribution in [2.45, 2.75) is 45.6 Å². The maximum Gasteiger partial charge on any atom is 0.0488 e. The van der Waals surface area contributed by atoms with Crippen molar-refractivity contribution in [1.29, 1.82) is 0 Å². The fourth-order valence-electron chi connectivity index (χ4n) is 3.84. The molecule has 1 saturated carbocycles. The van der Waals surface area contributed by atoms with E-state index in [1.165, 1.54) is 44.3 Å². The Kier molecular flexibility index (Phi) is 6.25. The van der Waals surface area contributed by atoms with Gasteiger partial charge in [-0.15, -0.1) is 12.4 Å². The van der Waals surface area contributed by atoms with E-state index in [4.69, 9.17) is 0 Å². The Labute approximate surface area is 141 Å². The minimum atomic E-state index is 0. The lowest BCUT2D eigenvalue weighted by molar-refractivity contribution is 0.100. The molecule has 0 spiro atoms. The lowest BCUT2D eigenvalue weighted by atomic mass is 9.73. The highest BCUT2D eigenvalue weighted by atomic mass is 35.5. The Bertz CT molecular complexity index is 439. The summed E-state index contributed by atoms with van der Waals surface area (Å²) < 4.78 is 0. The molecule has 1 unspecified atom stereocenters. The van der Waals surface area contributed by atoms with Gasteiger partial charge in [-0.1, -0.05) is 19.9 Å². The first kappa shape index (κ1) is 17.7. The molecule has 0 aromatic carbocycles. The van der Waals surface area contributed by atoms with Gasteiger partial charge in [0.1, 0.15) is 0 Å². The van der Waals surface area contributed by atoms with Crippen molar-refractivity contribution in [2.75, 3.05) is 26.2 Å². The third kappa shape index (κ3) is 4.43. The van der Waals surface area contributed by atoms with Crippen LogP contribution in [0.2, 0.25) is 0 Å². The summed E-state index contributed by atoms with van der Waals surface area (Å²) >= 11 is 0. The molecule has 1 aliphatic heterocycles. The molecular weight excluding hydrogens is 294 g/mol. The molecule has 1 aromatic rings. The lowest BCUT2D eigenvalue weighted by Crippen LogP contribution is -2.48. The predicted molar refractivity (Wildman–Crippen MR) is 94.4 cm³/mol. The number of halogens is 1. The minimum Gasteiger partial charge on any atom is -0.314 e. The zero-order chi connectivity index (χ0) is 14.7. The van der Waals surface area contributed by atoms with Crippen molar-refractivity contribution < 1.29 is 0 Å². The zero-order valence-corrected chi connectivity index (χ0v) is 14.7. The topological polar surface area (TPSA) is 28.2 Å². The van der Waals surface area contributed by atoms with Crippen molar-refractivity contribution in [3.05, 3.63) is 30.1 Å². The molecule has 1 aromatic heterocycles. The molecule has 3 nitrogen and oxygen atoms in total. The molecule has 2 aliphatic rings. The number of piperazine rings is 1. The van der Waals surface area contributed by atoms with Gasteiger partial charge in [0.2, 0.25) is 0 Å². The Morgan fingerprint density at radius 3 is 2.77 bits per heavy atom. The highest BCUT2D eigenvalue weighted by Crippen LogP contribution is 2.39. The average molecular weight is 324 g/mol. The fraction of sp³-hybridized carbons (Fsp3) is 0.722. The van der Waals surface area contributed by atoms with Gasteiger partial charge in [-0.2, -0.15) is 0 Å². The van der Waals surface area contributed by atoms with Crippen LogP contribution >= 0.6 is 12.4 Å². The van der Waals surface area contributed by atoms with Crippen molar-refractivity contribution in [3.8, 4) is 0 Å². The summed E-state index contributed by atoms with van der Waals surface area (Å²) in [4.78, 5) is 7.00. The van der Waals surface area contributed by atoms with Gasteiger partial charge in [-0.05, 0) is 48.6 Å². The van der Waals surface area contributed by atoms with E-state index in [2.05, 4.69) is 41.2 Å². The molecule has 2 fully saturated rings. The van der Waals surface area contributed by atoms with E-state index in [1.807, 2.05) is 12.4 Å². The first-order valence-electron chi connectivity index (χ1n) is 8.49. The van der Waals surface area contributed by atoms with Crippen LogP contribution in [-0.4, -0.2) is 36.1 Å². The first-order chi connectivity index (χ1) is 10.1. The smallest absolute Gasteiger partial charge is 0.0488 e. The number of pyridine rings is 1. The predicted octanol–water partition coefficient (Wildman–Crippen LogP) is 3.67. The highest BCUT2D eigenvalue weighted by Gasteiger charge is 2.30. The van der Waals surface area contributed by atoms with Crippen molar-refractivity contribution in [1.82, 2.24) is 15.2 Å². The molecule has 0 amide bonds. The second kappa shape index (κ2) is 7.76. The molecule has 1 N–H and O–H groups in total. The van der Waals surface area contributed by atoms with Crippen LogP contribution in [0.3, 0.4) is 0 Å². The Balaban J connectivity index is 0.00000176. The maximum absolute atomic E-state index is 4.31. The Hall–Kier alpha value is -0.640. The summed E-state index contributed by atoms with van der Waals surface area (Å²) in [6.45, 7) is 9.45. The highest BCUT2D eigenvalue weighted by molar-refractivity contribution is 5.85. The molecule has 0 bridgehead atoms. The molecule has 4 heteroatoms. The van der Waals surface area contributed by atoms with Crippen LogP contribution in [0.5, 0.6) is 0 Å². The van der Waals surface area contributed by atoms with Gasteiger partial charge < -0.3 is 5.32 Å². The standard InChI is InChI=1S/C18H29N3.ClH/c1-18(2)7-5-15(6-8-18)14-21-11-10-20-13-17(21)16-4-3-9-19-12-16;/h3-4,9,12,15,17,20H,5-8,10-11,13-14H2,1-2H3;1H. The van der Waals surface area contributed by atoms with Gasteiger partial charge in [0.25, 0.3) is 0 Å². The van der Waals surface area contributed by atoms with Crippen molar-refractivity contribution in [3.63, 3.8) is 0 Å². The second-order valence-electron chi connectivity index (χ2n) is 7.61. The number of aromatic nitrogens is 1. The Morgan fingerprint density at radius 2 is 2.09 bits per heavy atom. The number of hydrogen-bond acceptors (Lipinski definition) is 3. The number of rotatable bonds is 3. The zero-order valence-electron chi connectivity index (χ0n) is 13.9. The SMILES string of the molecule is CC1(C)CCC(CN2CCNCC2c2cccnc2)CC1.Cl. The van der Waals surface area contributed by atoms with E-state index in [0.717, 1.165) is 19.0 Å². The molecule has 0 radical (unpaired) electrons. The van der Waals surface area contributed by atoms with Gasteiger partial charge in [0.05, 0.1) is 0 Å². The van der Waals surface area contributed by atoms with Crippen LogP contribution in [0.4, 0.5) is 0 Å². The van der Waals surface area contributed by atoms with Crippen LogP contribution in [0, 0.1) is 11.3 Å². The molecular formula is C18H30ClN3. The summed E-state index contributed by atoms with van der Waals surface area (Å²) in [7, 11) is 0. The summed E-state index contributed by atoms with van der Waals surface area (Å²) in [5.74, 6) is 0.885. The van der Waals surface area contributed by atoms with E-state index in [9.17, 15) is 0 Å². The number of nitrogens with one attached hydrogen (secondary N) is 1. The number of nitrogens with zero attached hydrogens (tertiary/aromatic N) is 2. The van der Waals surface area contributed by atoms with Gasteiger partial charge in [0, 0.05) is 44.6 Å². The van der Waals surface area contributed by atoms with Gasteiger partial charge in [0.15, 0.2) is 0 Å². The van der Waals surface area contributed by atoms with Crippen LogP contribution in [0.25, 0.3) is 0 Å². The van der Waals surface area contributed by atoms with Crippen LogP contribution in [-0.2, 0) is 0 Å². The van der Waals surface area contributed by atoms with Gasteiger partial charge in [-0.25, -0.2) is 0 Å². The third-order valence-electron chi connectivity index (χ3n) is 5.37. The van der Waals surface area contributed by atoms with E-state index in [0.29, 0.717) is 11.5 Å². The summed E-state index contributed by atoms with van der Waals surface area (Å²) in [5.41, 5.74) is 1.93. The molecule has 124 valence electrons. The summed E-state index contributed by atoms with van der Waals surface area (Å²) in [6.07, 6.45) is 9.48. The first-order valence-corrected chi connectivity index (χ1v) is 8.49. The van der Waals surface area contributed by atoms with E-state index < -0.39 is 0 Å². The number of hydrogen-bond donors (Lipinski definition) is 1. The van der Waals surface area contributed by atoms with Crippen molar-refractivity contribution in [2.24, 2.45) is 11.3 Å². The van der Waals surface area contributed by atoms with Crippen molar-refractivity contribution >= 4 is 12.4 Å². The Morgan fingerprint density at radius 1 is 1.32 bits per heavy atom. The van der Waals surface area contributed by atoms with Crippen LogP contribution < -0.4 is 5.32 Å².